The van der Waals surface area contributed by atoms with Gasteiger partial charge in [-0.15, -0.1) is 35.1 Å². The van der Waals surface area contributed by atoms with Gasteiger partial charge in [0.2, 0.25) is 0 Å². The molecule has 6 nitrogen and oxygen atoms in total. The molecule has 1 aliphatic heterocycles. The summed E-state index contributed by atoms with van der Waals surface area (Å²) in [5.74, 6) is 0.418. The van der Waals surface area contributed by atoms with Crippen LogP contribution in [0.15, 0.2) is 24.1 Å². The fourth-order valence-corrected chi connectivity index (χ4v) is 4.50. The summed E-state index contributed by atoms with van der Waals surface area (Å²) in [5, 5.41) is 8.77. The van der Waals surface area contributed by atoms with Gasteiger partial charge in [-0.1, -0.05) is 0 Å². The highest BCUT2D eigenvalue weighted by Gasteiger charge is 2.19. The number of amides is 1. The van der Waals surface area contributed by atoms with E-state index < -0.39 is 0 Å². The minimum Gasteiger partial charge on any atom is -0.317 e. The van der Waals surface area contributed by atoms with Gasteiger partial charge < -0.3 is 5.32 Å². The number of anilines is 1. The fraction of sp³-hybridized carbons (Fsp3) is 0.357. The molecule has 2 N–H and O–H groups in total. The summed E-state index contributed by atoms with van der Waals surface area (Å²) in [6, 6.07) is 0. The molecule has 0 aromatic carbocycles. The van der Waals surface area contributed by atoms with Gasteiger partial charge in [-0.05, 0) is 31.8 Å². The number of fused-ring (bicyclic) bond motifs is 1. The van der Waals surface area contributed by atoms with E-state index in [1.165, 1.54) is 16.2 Å². The molecular formula is C14H16ClN5OS2. The van der Waals surface area contributed by atoms with E-state index in [4.69, 9.17) is 0 Å². The summed E-state index contributed by atoms with van der Waals surface area (Å²) >= 11 is 3.08. The third kappa shape index (κ3) is 3.25. The summed E-state index contributed by atoms with van der Waals surface area (Å²) < 4.78 is 1.79. The highest BCUT2D eigenvalue weighted by atomic mass is 35.5. The molecule has 1 amide bonds. The van der Waals surface area contributed by atoms with E-state index in [9.17, 15) is 4.79 Å². The Kier molecular flexibility index (Phi) is 4.96. The molecule has 1 aliphatic rings. The van der Waals surface area contributed by atoms with Crippen LogP contribution in [0.2, 0.25) is 0 Å². The van der Waals surface area contributed by atoms with Gasteiger partial charge in [-0.3, -0.25) is 14.5 Å². The van der Waals surface area contributed by atoms with Crippen LogP contribution in [0.1, 0.15) is 34.1 Å². The quantitative estimate of drug-likeness (QED) is 0.744. The van der Waals surface area contributed by atoms with Gasteiger partial charge in [0.25, 0.3) is 5.91 Å². The molecule has 3 aromatic rings. The van der Waals surface area contributed by atoms with Crippen molar-refractivity contribution in [3.8, 4) is 0 Å². The number of nitrogens with zero attached hydrogens (tertiary/aromatic N) is 3. The summed E-state index contributed by atoms with van der Waals surface area (Å²) in [7, 11) is 0. The second kappa shape index (κ2) is 6.96. The Morgan fingerprint density at radius 2 is 2.17 bits per heavy atom. The van der Waals surface area contributed by atoms with E-state index in [1.807, 2.05) is 11.6 Å². The SMILES string of the molecule is Cl.O=C(Nc1ncc(C2CCNCC2)s1)c1csc2cncn12. The molecule has 0 aliphatic carbocycles. The van der Waals surface area contributed by atoms with Crippen LogP contribution >= 0.6 is 35.1 Å². The van der Waals surface area contributed by atoms with E-state index in [0.29, 0.717) is 16.7 Å². The van der Waals surface area contributed by atoms with Gasteiger partial charge in [-0.2, -0.15) is 0 Å². The number of nitrogens with one attached hydrogen (secondary N) is 2. The highest BCUT2D eigenvalue weighted by molar-refractivity contribution is 7.16. The maximum absolute atomic E-state index is 12.4. The summed E-state index contributed by atoms with van der Waals surface area (Å²) in [5.41, 5.74) is 0.594. The first kappa shape index (κ1) is 16.4. The lowest BCUT2D eigenvalue weighted by Crippen LogP contribution is -2.26. The third-order valence-corrected chi connectivity index (χ3v) is 5.83. The number of hydrogen-bond donors (Lipinski definition) is 2. The number of carbonyl (C=O) groups excluding carboxylic acids is 1. The first-order chi connectivity index (χ1) is 10.8. The molecule has 0 unspecified atom stereocenters. The van der Waals surface area contributed by atoms with Crippen molar-refractivity contribution >= 4 is 50.9 Å². The zero-order valence-corrected chi connectivity index (χ0v) is 14.6. The van der Waals surface area contributed by atoms with Crippen molar-refractivity contribution in [3.05, 3.63) is 34.7 Å². The van der Waals surface area contributed by atoms with Crippen LogP contribution in [0.4, 0.5) is 5.13 Å². The molecule has 0 radical (unpaired) electrons. The Hall–Kier alpha value is -1.48. The lowest BCUT2D eigenvalue weighted by atomic mass is 9.97. The molecule has 0 bridgehead atoms. The van der Waals surface area contributed by atoms with E-state index in [1.54, 1.807) is 28.3 Å². The number of imidazole rings is 1. The van der Waals surface area contributed by atoms with Crippen LogP contribution in [-0.4, -0.2) is 33.4 Å². The third-order valence-electron chi connectivity index (χ3n) is 3.87. The van der Waals surface area contributed by atoms with Crippen molar-refractivity contribution in [2.45, 2.75) is 18.8 Å². The van der Waals surface area contributed by atoms with Crippen molar-refractivity contribution in [2.75, 3.05) is 18.4 Å². The molecule has 1 saturated heterocycles. The number of aromatic nitrogens is 3. The normalized spacial score (nSPS) is 15.5. The Labute approximate surface area is 147 Å². The molecule has 23 heavy (non-hydrogen) atoms. The predicted octanol–water partition coefficient (Wildman–Crippen LogP) is 2.99. The lowest BCUT2D eigenvalue weighted by molar-refractivity contribution is 0.102. The molecule has 9 heteroatoms. The standard InChI is InChI=1S/C14H15N5OS2.ClH/c20-13(10-7-21-12-6-16-8-19(10)12)18-14-17-5-11(22-14)9-1-3-15-4-2-9;/h5-9,15H,1-4H2,(H,17,18,20);1H. The van der Waals surface area contributed by atoms with Crippen LogP contribution in [-0.2, 0) is 0 Å². The number of carbonyl (C=O) groups is 1. The van der Waals surface area contributed by atoms with Gasteiger partial charge >= 0.3 is 0 Å². The van der Waals surface area contributed by atoms with Gasteiger partial charge in [0.15, 0.2) is 5.13 Å². The maximum atomic E-state index is 12.4. The minimum absolute atomic E-state index is 0. The van der Waals surface area contributed by atoms with Crippen molar-refractivity contribution in [1.82, 2.24) is 19.7 Å². The van der Waals surface area contributed by atoms with Gasteiger partial charge in [-0.25, -0.2) is 9.97 Å². The van der Waals surface area contributed by atoms with Crippen molar-refractivity contribution in [2.24, 2.45) is 0 Å². The zero-order valence-electron chi connectivity index (χ0n) is 12.2. The first-order valence-corrected chi connectivity index (χ1v) is 8.88. The largest absolute Gasteiger partial charge is 0.317 e. The average Bonchev–Trinajstić information content (AvgIpc) is 3.24. The number of piperidine rings is 1. The molecule has 122 valence electrons. The molecule has 0 atom stereocenters. The molecular weight excluding hydrogens is 354 g/mol. The molecule has 0 saturated carbocycles. The summed E-state index contributed by atoms with van der Waals surface area (Å²) in [6.07, 6.45) is 7.57. The smallest absolute Gasteiger partial charge is 0.275 e. The molecule has 3 aromatic heterocycles. The molecule has 1 fully saturated rings. The monoisotopic (exact) mass is 369 g/mol. The lowest BCUT2D eigenvalue weighted by Gasteiger charge is -2.20. The van der Waals surface area contributed by atoms with Gasteiger partial charge in [0.1, 0.15) is 16.9 Å². The van der Waals surface area contributed by atoms with Crippen LogP contribution in [0, 0.1) is 0 Å². The van der Waals surface area contributed by atoms with E-state index in [0.717, 1.165) is 30.8 Å². The molecule has 4 heterocycles. The van der Waals surface area contributed by atoms with Crippen LogP contribution in [0.25, 0.3) is 4.83 Å². The van der Waals surface area contributed by atoms with Gasteiger partial charge in [0.05, 0.1) is 6.20 Å². The summed E-state index contributed by atoms with van der Waals surface area (Å²) in [4.78, 5) is 23.0. The van der Waals surface area contributed by atoms with Crippen LogP contribution < -0.4 is 10.6 Å². The van der Waals surface area contributed by atoms with Crippen LogP contribution in [0.5, 0.6) is 0 Å². The molecule has 0 spiro atoms. The van der Waals surface area contributed by atoms with E-state index in [-0.39, 0.29) is 18.3 Å². The van der Waals surface area contributed by atoms with E-state index >= 15 is 0 Å². The Morgan fingerprint density at radius 1 is 1.35 bits per heavy atom. The number of thiazole rings is 2. The topological polar surface area (TPSA) is 71.3 Å². The number of hydrogen-bond acceptors (Lipinski definition) is 6. The van der Waals surface area contributed by atoms with Crippen LogP contribution in [0.3, 0.4) is 0 Å². The molecule has 4 rings (SSSR count). The average molecular weight is 370 g/mol. The highest BCUT2D eigenvalue weighted by Crippen LogP contribution is 2.31. The Morgan fingerprint density at radius 3 is 3.00 bits per heavy atom. The zero-order chi connectivity index (χ0) is 14.9. The summed E-state index contributed by atoms with van der Waals surface area (Å²) in [6.45, 7) is 2.11. The predicted molar refractivity (Wildman–Crippen MR) is 95.2 cm³/mol. The van der Waals surface area contributed by atoms with Crippen molar-refractivity contribution in [3.63, 3.8) is 0 Å². The Balaban J connectivity index is 0.00000156. The van der Waals surface area contributed by atoms with Crippen molar-refractivity contribution < 1.29 is 4.79 Å². The van der Waals surface area contributed by atoms with Crippen molar-refractivity contribution in [1.29, 1.82) is 0 Å². The Bertz CT molecular complexity index is 805. The second-order valence-electron chi connectivity index (χ2n) is 5.27. The minimum atomic E-state index is -0.143. The van der Waals surface area contributed by atoms with E-state index in [2.05, 4.69) is 20.6 Å². The fourth-order valence-electron chi connectivity index (χ4n) is 2.69. The number of rotatable bonds is 3. The second-order valence-corrected chi connectivity index (χ2v) is 7.22. The van der Waals surface area contributed by atoms with Gasteiger partial charge in [0, 0.05) is 16.5 Å². The number of halogens is 1. The first-order valence-electron chi connectivity index (χ1n) is 7.18. The maximum Gasteiger partial charge on any atom is 0.275 e.